The van der Waals surface area contributed by atoms with Gasteiger partial charge in [0.1, 0.15) is 6.04 Å². The molecule has 0 aromatic rings. The highest BCUT2D eigenvalue weighted by Crippen LogP contribution is 1.95. The Morgan fingerprint density at radius 1 is 1.21 bits per heavy atom. The Morgan fingerprint density at radius 2 is 1.71 bits per heavy atom. The molecular weight excluding hydrogens is 210 g/mol. The molecular formula is C8H16ClNO4. The van der Waals surface area contributed by atoms with E-state index in [1.807, 2.05) is 0 Å². The van der Waals surface area contributed by atoms with Gasteiger partial charge in [0.05, 0.1) is 19.6 Å². The lowest BCUT2D eigenvalue weighted by atomic mass is 10.2. The van der Waals surface area contributed by atoms with Crippen LogP contribution in [0.4, 0.5) is 0 Å². The van der Waals surface area contributed by atoms with Gasteiger partial charge in [-0.15, -0.1) is 12.4 Å². The third-order valence-corrected chi connectivity index (χ3v) is 1.28. The molecule has 1 atom stereocenters. The first-order valence-electron chi connectivity index (χ1n) is 4.19. The van der Waals surface area contributed by atoms with E-state index in [0.29, 0.717) is 0 Å². The van der Waals surface area contributed by atoms with Gasteiger partial charge >= 0.3 is 11.9 Å². The number of hydrogen-bond donors (Lipinski definition) is 1. The Balaban J connectivity index is 0. The highest BCUT2D eigenvalue weighted by molar-refractivity contribution is 5.85. The first kappa shape index (κ1) is 15.7. The number of nitrogens with two attached hydrogens (primary N) is 1. The van der Waals surface area contributed by atoms with E-state index in [9.17, 15) is 9.59 Å². The standard InChI is InChI=1S/C8H15NO4.ClH/c1-3-12-7(10)5-6(9)8(11)13-4-2;/h6H,3-5,9H2,1-2H3;1H/t6-;/m1./s1. The largest absolute Gasteiger partial charge is 0.466 e. The molecule has 0 unspecified atom stereocenters. The molecule has 0 heterocycles. The third-order valence-electron chi connectivity index (χ3n) is 1.28. The van der Waals surface area contributed by atoms with Crippen molar-refractivity contribution in [1.29, 1.82) is 0 Å². The van der Waals surface area contributed by atoms with Crippen LogP contribution in [0, 0.1) is 0 Å². The number of carbonyl (C=O) groups excluding carboxylic acids is 2. The summed E-state index contributed by atoms with van der Waals surface area (Å²) in [5, 5.41) is 0. The zero-order valence-corrected chi connectivity index (χ0v) is 9.13. The molecule has 5 nitrogen and oxygen atoms in total. The van der Waals surface area contributed by atoms with Crippen LogP contribution in [0.3, 0.4) is 0 Å². The lowest BCUT2D eigenvalue weighted by Crippen LogP contribution is -2.35. The van der Waals surface area contributed by atoms with E-state index >= 15 is 0 Å². The monoisotopic (exact) mass is 225 g/mol. The van der Waals surface area contributed by atoms with Gasteiger partial charge in [-0.05, 0) is 13.8 Å². The molecule has 2 N–H and O–H groups in total. The fourth-order valence-electron chi connectivity index (χ4n) is 0.732. The minimum Gasteiger partial charge on any atom is -0.466 e. The minimum absolute atomic E-state index is 0. The molecule has 84 valence electrons. The Morgan fingerprint density at radius 3 is 2.14 bits per heavy atom. The third kappa shape index (κ3) is 6.68. The smallest absolute Gasteiger partial charge is 0.323 e. The number of ether oxygens (including phenoxy) is 2. The fraction of sp³-hybridized carbons (Fsp3) is 0.750. The van der Waals surface area contributed by atoms with Gasteiger partial charge in [0.2, 0.25) is 0 Å². The van der Waals surface area contributed by atoms with E-state index in [4.69, 9.17) is 5.73 Å². The Kier molecular flexibility index (Phi) is 9.81. The van der Waals surface area contributed by atoms with E-state index < -0.39 is 18.0 Å². The first-order chi connectivity index (χ1) is 6.11. The summed E-state index contributed by atoms with van der Waals surface area (Å²) in [6, 6.07) is -0.918. The van der Waals surface area contributed by atoms with Crippen molar-refractivity contribution in [2.75, 3.05) is 13.2 Å². The maximum absolute atomic E-state index is 10.9. The topological polar surface area (TPSA) is 78.6 Å². The number of esters is 2. The Labute approximate surface area is 89.3 Å². The Bertz CT molecular complexity index is 186. The quantitative estimate of drug-likeness (QED) is 0.679. The number of rotatable bonds is 5. The van der Waals surface area contributed by atoms with Crippen LogP contribution in [0.25, 0.3) is 0 Å². The van der Waals surface area contributed by atoms with E-state index in [0.717, 1.165) is 0 Å². The van der Waals surface area contributed by atoms with Gasteiger partial charge in [-0.1, -0.05) is 0 Å². The van der Waals surface area contributed by atoms with Crippen LogP contribution in [-0.4, -0.2) is 31.2 Å². The van der Waals surface area contributed by atoms with Crippen molar-refractivity contribution in [1.82, 2.24) is 0 Å². The highest BCUT2D eigenvalue weighted by Gasteiger charge is 2.18. The molecule has 0 aromatic heterocycles. The van der Waals surface area contributed by atoms with E-state index in [-0.39, 0.29) is 32.0 Å². The van der Waals surface area contributed by atoms with Crippen LogP contribution in [0.15, 0.2) is 0 Å². The summed E-state index contributed by atoms with van der Waals surface area (Å²) in [6.07, 6.45) is -0.132. The highest BCUT2D eigenvalue weighted by atomic mass is 35.5. The summed E-state index contributed by atoms with van der Waals surface area (Å²) in [5.41, 5.74) is 5.36. The molecule has 6 heteroatoms. The van der Waals surface area contributed by atoms with Gasteiger partial charge in [-0.2, -0.15) is 0 Å². The minimum atomic E-state index is -0.918. The predicted molar refractivity (Wildman–Crippen MR) is 53.1 cm³/mol. The molecule has 0 fully saturated rings. The Hall–Kier alpha value is -0.810. The molecule has 14 heavy (non-hydrogen) atoms. The van der Waals surface area contributed by atoms with Gasteiger partial charge in [0.25, 0.3) is 0 Å². The number of hydrogen-bond acceptors (Lipinski definition) is 5. The summed E-state index contributed by atoms with van der Waals surface area (Å²) >= 11 is 0. The second kappa shape index (κ2) is 8.77. The normalized spacial score (nSPS) is 11.1. The van der Waals surface area contributed by atoms with Crippen molar-refractivity contribution in [3.05, 3.63) is 0 Å². The average Bonchev–Trinajstić information content (AvgIpc) is 2.05. The predicted octanol–water partition coefficient (Wildman–Crippen LogP) is 0.252. The van der Waals surface area contributed by atoms with Gasteiger partial charge in [-0.3, -0.25) is 9.59 Å². The zero-order chi connectivity index (χ0) is 10.3. The lowest BCUT2D eigenvalue weighted by Gasteiger charge is -2.09. The van der Waals surface area contributed by atoms with Crippen molar-refractivity contribution >= 4 is 24.3 Å². The van der Waals surface area contributed by atoms with E-state index in [2.05, 4.69) is 9.47 Å². The van der Waals surface area contributed by atoms with Crippen molar-refractivity contribution in [2.24, 2.45) is 5.73 Å². The van der Waals surface area contributed by atoms with E-state index in [1.54, 1.807) is 13.8 Å². The molecule has 0 aliphatic carbocycles. The summed E-state index contributed by atoms with van der Waals surface area (Å²) in [4.78, 5) is 21.8. The van der Waals surface area contributed by atoms with Crippen LogP contribution in [0.2, 0.25) is 0 Å². The lowest BCUT2D eigenvalue weighted by molar-refractivity contribution is -0.151. The van der Waals surface area contributed by atoms with Gasteiger partial charge in [0, 0.05) is 0 Å². The molecule has 0 radical (unpaired) electrons. The van der Waals surface area contributed by atoms with Gasteiger partial charge in [0.15, 0.2) is 0 Å². The molecule has 0 rings (SSSR count). The average molecular weight is 226 g/mol. The van der Waals surface area contributed by atoms with Crippen LogP contribution >= 0.6 is 12.4 Å². The van der Waals surface area contributed by atoms with Gasteiger partial charge in [-0.25, -0.2) is 0 Å². The maximum atomic E-state index is 10.9. The van der Waals surface area contributed by atoms with Crippen molar-refractivity contribution in [3.8, 4) is 0 Å². The van der Waals surface area contributed by atoms with Crippen molar-refractivity contribution in [2.45, 2.75) is 26.3 Å². The summed E-state index contributed by atoms with van der Waals surface area (Å²) in [5.74, 6) is -1.06. The van der Waals surface area contributed by atoms with Crippen LogP contribution < -0.4 is 5.73 Å². The molecule has 0 spiro atoms. The fourth-order valence-corrected chi connectivity index (χ4v) is 0.732. The van der Waals surface area contributed by atoms with E-state index in [1.165, 1.54) is 0 Å². The molecule has 0 amide bonds. The van der Waals surface area contributed by atoms with Crippen LogP contribution in [0.5, 0.6) is 0 Å². The van der Waals surface area contributed by atoms with Crippen LogP contribution in [0.1, 0.15) is 20.3 Å². The molecule has 0 saturated carbocycles. The van der Waals surface area contributed by atoms with Crippen molar-refractivity contribution in [3.63, 3.8) is 0 Å². The molecule has 0 aromatic carbocycles. The number of carbonyl (C=O) groups is 2. The second-order valence-electron chi connectivity index (χ2n) is 2.37. The zero-order valence-electron chi connectivity index (χ0n) is 8.32. The molecule has 0 aliphatic rings. The first-order valence-corrected chi connectivity index (χ1v) is 4.19. The summed E-state index contributed by atoms with van der Waals surface area (Å²) in [6.45, 7) is 3.91. The SMILES string of the molecule is CCOC(=O)C[C@@H](N)C(=O)OCC.Cl. The second-order valence-corrected chi connectivity index (χ2v) is 2.37. The molecule has 0 bridgehead atoms. The molecule has 0 aliphatic heterocycles. The number of halogens is 1. The summed E-state index contributed by atoms with van der Waals surface area (Å²) < 4.78 is 9.23. The maximum Gasteiger partial charge on any atom is 0.323 e. The van der Waals surface area contributed by atoms with Crippen molar-refractivity contribution < 1.29 is 19.1 Å². The summed E-state index contributed by atoms with van der Waals surface area (Å²) in [7, 11) is 0. The van der Waals surface area contributed by atoms with Crippen LogP contribution in [-0.2, 0) is 19.1 Å². The molecule has 0 saturated heterocycles. The van der Waals surface area contributed by atoms with Gasteiger partial charge < -0.3 is 15.2 Å².